The molecule has 2 atom stereocenters. The molecule has 2 aliphatic rings. The number of amides is 4. The number of halogens is 1. The lowest BCUT2D eigenvalue weighted by atomic mass is 9.93. The maximum Gasteiger partial charge on any atom is 0.325 e. The van der Waals surface area contributed by atoms with Crippen molar-refractivity contribution in [3.05, 3.63) is 0 Å². The molecule has 0 saturated carbocycles. The molecule has 4 N–H and O–H groups in total. The molecule has 0 spiro atoms. The van der Waals surface area contributed by atoms with E-state index in [9.17, 15) is 19.5 Å². The zero-order valence-electron chi connectivity index (χ0n) is 13.4. The van der Waals surface area contributed by atoms with Crippen LogP contribution in [0.3, 0.4) is 0 Å². The van der Waals surface area contributed by atoms with E-state index < -0.39 is 23.6 Å². The van der Waals surface area contributed by atoms with Gasteiger partial charge >= 0.3 is 6.03 Å². The van der Waals surface area contributed by atoms with Crippen LogP contribution in [0.5, 0.6) is 0 Å². The number of aliphatic hydroxyl groups is 1. The Kier molecular flexibility index (Phi) is 6.79. The van der Waals surface area contributed by atoms with Crippen molar-refractivity contribution in [2.45, 2.75) is 38.3 Å². The van der Waals surface area contributed by atoms with Crippen LogP contribution in [0, 0.1) is 5.92 Å². The van der Waals surface area contributed by atoms with Crippen molar-refractivity contribution in [3.8, 4) is 0 Å². The number of nitrogens with zero attached hydrogens (tertiary/aromatic N) is 1. The van der Waals surface area contributed by atoms with Gasteiger partial charge in [-0.05, 0) is 12.8 Å². The van der Waals surface area contributed by atoms with Gasteiger partial charge in [0.2, 0.25) is 5.91 Å². The second-order valence-electron chi connectivity index (χ2n) is 5.90. The summed E-state index contributed by atoms with van der Waals surface area (Å²) in [6.07, 6.45) is 0.503. The molecule has 2 heterocycles. The number of hydrogen-bond acceptors (Lipinski definition) is 5. The van der Waals surface area contributed by atoms with Crippen molar-refractivity contribution < 1.29 is 19.5 Å². The van der Waals surface area contributed by atoms with Gasteiger partial charge < -0.3 is 21.1 Å². The molecule has 0 aromatic rings. The van der Waals surface area contributed by atoms with Crippen molar-refractivity contribution in [1.82, 2.24) is 20.9 Å². The van der Waals surface area contributed by atoms with E-state index in [1.54, 1.807) is 0 Å². The summed E-state index contributed by atoms with van der Waals surface area (Å²) in [4.78, 5) is 37.2. The van der Waals surface area contributed by atoms with Crippen molar-refractivity contribution in [3.63, 3.8) is 0 Å². The van der Waals surface area contributed by atoms with Crippen LogP contribution in [-0.4, -0.2) is 65.7 Å². The van der Waals surface area contributed by atoms with Crippen LogP contribution in [-0.2, 0) is 9.59 Å². The van der Waals surface area contributed by atoms with Gasteiger partial charge in [0.05, 0.1) is 6.10 Å². The molecular formula is C14H25ClN4O4. The molecule has 23 heavy (non-hydrogen) atoms. The van der Waals surface area contributed by atoms with E-state index in [4.69, 9.17) is 0 Å². The van der Waals surface area contributed by atoms with E-state index in [-0.39, 0.29) is 30.8 Å². The van der Waals surface area contributed by atoms with Crippen LogP contribution in [0.15, 0.2) is 0 Å². The highest BCUT2D eigenvalue weighted by Crippen LogP contribution is 2.24. The number of aliphatic hydroxyl groups excluding tert-OH is 1. The summed E-state index contributed by atoms with van der Waals surface area (Å²) in [5.74, 6) is -0.789. The lowest BCUT2D eigenvalue weighted by molar-refractivity contribution is -0.135. The maximum atomic E-state index is 12.4. The van der Waals surface area contributed by atoms with Crippen LogP contribution < -0.4 is 16.0 Å². The van der Waals surface area contributed by atoms with Crippen molar-refractivity contribution >= 4 is 30.3 Å². The predicted octanol–water partition coefficient (Wildman–Crippen LogP) is -0.785. The molecule has 2 rings (SSSR count). The first-order chi connectivity index (χ1) is 10.4. The topological polar surface area (TPSA) is 111 Å². The second-order valence-corrected chi connectivity index (χ2v) is 5.90. The number of hydrogen-bond donors (Lipinski definition) is 4. The summed E-state index contributed by atoms with van der Waals surface area (Å²) < 4.78 is 0. The highest BCUT2D eigenvalue weighted by molar-refractivity contribution is 6.08. The molecule has 2 unspecified atom stereocenters. The van der Waals surface area contributed by atoms with Crippen molar-refractivity contribution in [2.75, 3.05) is 26.2 Å². The molecule has 0 aromatic heterocycles. The number of urea groups is 1. The van der Waals surface area contributed by atoms with Gasteiger partial charge in [0.15, 0.2) is 0 Å². The van der Waals surface area contributed by atoms with Gasteiger partial charge in [0, 0.05) is 25.6 Å². The average Bonchev–Trinajstić information content (AvgIpc) is 3.01. The Morgan fingerprint density at radius 2 is 2.00 bits per heavy atom. The third-order valence-corrected chi connectivity index (χ3v) is 4.62. The molecule has 0 aromatic carbocycles. The summed E-state index contributed by atoms with van der Waals surface area (Å²) in [5, 5.41) is 18.0. The summed E-state index contributed by atoms with van der Waals surface area (Å²) in [6.45, 7) is 4.86. The number of β-amino-alcohol motifs (C(OH)–C–C–N with tert-alkyl or cyclic N) is 1. The molecule has 2 saturated heterocycles. The largest absolute Gasteiger partial charge is 0.391 e. The quantitative estimate of drug-likeness (QED) is 0.470. The first-order valence-corrected chi connectivity index (χ1v) is 7.73. The second kappa shape index (κ2) is 7.94. The fourth-order valence-corrected chi connectivity index (χ4v) is 2.92. The predicted molar refractivity (Wildman–Crippen MR) is 86.2 cm³/mol. The molecule has 0 aliphatic carbocycles. The van der Waals surface area contributed by atoms with Crippen LogP contribution in [0.25, 0.3) is 0 Å². The fraction of sp³-hybridized carbons (Fsp3) is 0.786. The van der Waals surface area contributed by atoms with Gasteiger partial charge in [0.1, 0.15) is 12.1 Å². The zero-order valence-corrected chi connectivity index (χ0v) is 14.2. The highest BCUT2D eigenvalue weighted by atomic mass is 35.5. The first kappa shape index (κ1) is 19.7. The standard InChI is InChI=1S/C14H24N4O4.ClH/c1-3-14(4-2)12(21)18(13(22)17-14)8-11(20)16-6-9-5-15-7-10(9)19;/h9-10,15,19H,3-8H2,1-2H3,(H,16,20)(H,17,22);1H. The molecule has 0 bridgehead atoms. The third-order valence-electron chi connectivity index (χ3n) is 4.62. The van der Waals surface area contributed by atoms with Gasteiger partial charge in [-0.15, -0.1) is 12.4 Å². The Morgan fingerprint density at radius 1 is 1.35 bits per heavy atom. The Balaban J connectivity index is 0.00000264. The fourth-order valence-electron chi connectivity index (χ4n) is 2.92. The zero-order chi connectivity index (χ0) is 16.3. The number of imide groups is 1. The number of nitrogens with one attached hydrogen (secondary N) is 3. The van der Waals surface area contributed by atoms with E-state index in [0.29, 0.717) is 32.5 Å². The number of carbonyl (C=O) groups excluding carboxylic acids is 3. The SMILES string of the molecule is CCC1(CC)NC(=O)N(CC(=O)NCC2CNCC2O)C1=O.Cl. The van der Waals surface area contributed by atoms with Gasteiger partial charge in [-0.1, -0.05) is 13.8 Å². The smallest absolute Gasteiger partial charge is 0.325 e. The summed E-state index contributed by atoms with van der Waals surface area (Å²) in [6, 6.07) is -0.522. The van der Waals surface area contributed by atoms with Crippen molar-refractivity contribution in [1.29, 1.82) is 0 Å². The lowest BCUT2D eigenvalue weighted by Gasteiger charge is -2.23. The average molecular weight is 349 g/mol. The Labute approximate surface area is 141 Å². The minimum absolute atomic E-state index is 0. The van der Waals surface area contributed by atoms with Crippen LogP contribution >= 0.6 is 12.4 Å². The summed E-state index contributed by atoms with van der Waals surface area (Å²) in [5.41, 5.74) is -0.886. The van der Waals surface area contributed by atoms with E-state index in [2.05, 4.69) is 16.0 Å². The minimum atomic E-state index is -0.886. The van der Waals surface area contributed by atoms with Gasteiger partial charge in [-0.3, -0.25) is 14.5 Å². The molecule has 9 heteroatoms. The molecule has 2 aliphatic heterocycles. The maximum absolute atomic E-state index is 12.4. The van der Waals surface area contributed by atoms with Crippen LogP contribution in [0.1, 0.15) is 26.7 Å². The Bertz CT molecular complexity index is 470. The molecule has 0 radical (unpaired) electrons. The monoisotopic (exact) mass is 348 g/mol. The molecule has 4 amide bonds. The third kappa shape index (κ3) is 3.94. The highest BCUT2D eigenvalue weighted by Gasteiger charge is 2.49. The minimum Gasteiger partial charge on any atom is -0.391 e. The molecular weight excluding hydrogens is 324 g/mol. The molecule has 8 nitrogen and oxygen atoms in total. The van der Waals surface area contributed by atoms with E-state index >= 15 is 0 Å². The Morgan fingerprint density at radius 3 is 2.48 bits per heavy atom. The van der Waals surface area contributed by atoms with Crippen LogP contribution in [0.4, 0.5) is 4.79 Å². The molecule has 2 fully saturated rings. The van der Waals surface area contributed by atoms with E-state index in [1.165, 1.54) is 0 Å². The number of carbonyl (C=O) groups is 3. The summed E-state index contributed by atoms with van der Waals surface area (Å²) in [7, 11) is 0. The van der Waals surface area contributed by atoms with Gasteiger partial charge in [0.25, 0.3) is 5.91 Å². The molecule has 132 valence electrons. The van der Waals surface area contributed by atoms with E-state index in [1.807, 2.05) is 13.8 Å². The Hall–Kier alpha value is -1.38. The van der Waals surface area contributed by atoms with Gasteiger partial charge in [-0.25, -0.2) is 4.79 Å². The summed E-state index contributed by atoms with van der Waals surface area (Å²) >= 11 is 0. The van der Waals surface area contributed by atoms with E-state index in [0.717, 1.165) is 4.90 Å². The normalized spacial score (nSPS) is 26.0. The van der Waals surface area contributed by atoms with Crippen LogP contribution in [0.2, 0.25) is 0 Å². The number of rotatable bonds is 6. The first-order valence-electron chi connectivity index (χ1n) is 7.73. The van der Waals surface area contributed by atoms with Gasteiger partial charge in [-0.2, -0.15) is 0 Å². The van der Waals surface area contributed by atoms with Crippen molar-refractivity contribution in [2.24, 2.45) is 5.92 Å². The lowest BCUT2D eigenvalue weighted by Crippen LogP contribution is -2.47.